The van der Waals surface area contributed by atoms with Crippen molar-refractivity contribution in [2.45, 2.75) is 24.1 Å². The fourth-order valence-corrected chi connectivity index (χ4v) is 3.08. The normalized spacial score (nSPS) is 15.3. The molecule has 3 rings (SSSR count). The smallest absolute Gasteiger partial charge is 0.200 e. The molecule has 1 saturated carbocycles. The number of ether oxygens (including phenoxy) is 1. The van der Waals surface area contributed by atoms with Crippen molar-refractivity contribution in [3.63, 3.8) is 0 Å². The SMILES string of the molecule is C=CCOc1c(C(Cl)c2ccccc2C2CC2)ccc(F)c1F. The molecule has 120 valence electrons. The van der Waals surface area contributed by atoms with Crippen LogP contribution in [0.15, 0.2) is 49.1 Å². The maximum absolute atomic E-state index is 14.1. The third-order valence-electron chi connectivity index (χ3n) is 3.99. The molecule has 0 radical (unpaired) electrons. The molecule has 0 amide bonds. The first-order valence-corrected chi connectivity index (χ1v) is 8.01. The minimum Gasteiger partial charge on any atom is -0.486 e. The minimum absolute atomic E-state index is 0.0846. The molecule has 0 aliphatic heterocycles. The van der Waals surface area contributed by atoms with Crippen molar-refractivity contribution in [1.29, 1.82) is 0 Å². The molecule has 0 bridgehead atoms. The van der Waals surface area contributed by atoms with E-state index in [2.05, 4.69) is 6.58 Å². The summed E-state index contributed by atoms with van der Waals surface area (Å²) in [6.45, 7) is 3.62. The van der Waals surface area contributed by atoms with Crippen LogP contribution in [0.2, 0.25) is 0 Å². The zero-order valence-electron chi connectivity index (χ0n) is 12.6. The van der Waals surface area contributed by atoms with Gasteiger partial charge in [-0.05, 0) is 36.0 Å². The second kappa shape index (κ2) is 6.71. The summed E-state index contributed by atoms with van der Waals surface area (Å²) in [7, 11) is 0. The van der Waals surface area contributed by atoms with Gasteiger partial charge in [-0.25, -0.2) is 4.39 Å². The van der Waals surface area contributed by atoms with Crippen LogP contribution in [-0.4, -0.2) is 6.61 Å². The van der Waals surface area contributed by atoms with Gasteiger partial charge in [0.15, 0.2) is 11.6 Å². The molecular weight excluding hydrogens is 318 g/mol. The second-order valence-electron chi connectivity index (χ2n) is 5.65. The van der Waals surface area contributed by atoms with Crippen LogP contribution in [0.25, 0.3) is 0 Å². The van der Waals surface area contributed by atoms with Crippen molar-refractivity contribution in [1.82, 2.24) is 0 Å². The monoisotopic (exact) mass is 334 g/mol. The van der Waals surface area contributed by atoms with E-state index in [9.17, 15) is 8.78 Å². The van der Waals surface area contributed by atoms with Gasteiger partial charge in [0.05, 0.1) is 5.38 Å². The summed E-state index contributed by atoms with van der Waals surface area (Å²) >= 11 is 6.62. The molecule has 1 atom stereocenters. The van der Waals surface area contributed by atoms with Gasteiger partial charge in [0.25, 0.3) is 0 Å². The van der Waals surface area contributed by atoms with E-state index in [1.807, 2.05) is 24.3 Å². The van der Waals surface area contributed by atoms with Crippen LogP contribution in [-0.2, 0) is 0 Å². The molecular formula is C19H17ClF2O. The predicted molar refractivity (Wildman–Crippen MR) is 88.2 cm³/mol. The molecule has 0 saturated heterocycles. The van der Waals surface area contributed by atoms with Crippen molar-refractivity contribution in [3.8, 4) is 5.75 Å². The van der Waals surface area contributed by atoms with Crippen LogP contribution in [0.5, 0.6) is 5.75 Å². The average molecular weight is 335 g/mol. The molecule has 0 N–H and O–H groups in total. The quantitative estimate of drug-likeness (QED) is 0.484. The van der Waals surface area contributed by atoms with Crippen LogP contribution in [0.3, 0.4) is 0 Å². The Labute approximate surface area is 139 Å². The molecule has 1 aliphatic carbocycles. The molecule has 0 spiro atoms. The lowest BCUT2D eigenvalue weighted by molar-refractivity contribution is 0.329. The van der Waals surface area contributed by atoms with E-state index in [4.69, 9.17) is 16.3 Å². The van der Waals surface area contributed by atoms with Gasteiger partial charge in [0.1, 0.15) is 6.61 Å². The fraction of sp³-hybridized carbons (Fsp3) is 0.263. The lowest BCUT2D eigenvalue weighted by Crippen LogP contribution is -2.06. The fourth-order valence-electron chi connectivity index (χ4n) is 2.71. The summed E-state index contributed by atoms with van der Waals surface area (Å²) in [5, 5.41) is -0.596. The maximum atomic E-state index is 14.1. The Morgan fingerprint density at radius 1 is 1.17 bits per heavy atom. The van der Waals surface area contributed by atoms with Gasteiger partial charge in [-0.3, -0.25) is 0 Å². The van der Waals surface area contributed by atoms with Crippen LogP contribution < -0.4 is 4.74 Å². The van der Waals surface area contributed by atoms with Gasteiger partial charge < -0.3 is 4.74 Å². The first-order chi connectivity index (χ1) is 11.1. The van der Waals surface area contributed by atoms with Crippen molar-refractivity contribution >= 4 is 11.6 Å². The highest BCUT2D eigenvalue weighted by Gasteiger charge is 2.30. The van der Waals surface area contributed by atoms with E-state index in [1.165, 1.54) is 17.7 Å². The Bertz CT molecular complexity index is 725. The summed E-state index contributed by atoms with van der Waals surface area (Å²) in [6, 6.07) is 10.4. The first-order valence-electron chi connectivity index (χ1n) is 7.58. The highest BCUT2D eigenvalue weighted by molar-refractivity contribution is 6.23. The number of benzene rings is 2. The van der Waals surface area contributed by atoms with Gasteiger partial charge in [-0.2, -0.15) is 4.39 Å². The summed E-state index contributed by atoms with van der Waals surface area (Å²) in [5.41, 5.74) is 2.53. The maximum Gasteiger partial charge on any atom is 0.200 e. The Balaban J connectivity index is 2.04. The molecule has 0 aromatic heterocycles. The molecule has 2 aromatic carbocycles. The van der Waals surface area contributed by atoms with E-state index in [0.717, 1.165) is 24.5 Å². The minimum atomic E-state index is -1.01. The lowest BCUT2D eigenvalue weighted by Gasteiger charge is -2.19. The first kappa shape index (κ1) is 16.0. The third kappa shape index (κ3) is 3.25. The zero-order valence-corrected chi connectivity index (χ0v) is 13.3. The van der Waals surface area contributed by atoms with Crippen LogP contribution in [0, 0.1) is 11.6 Å². The van der Waals surface area contributed by atoms with Crippen LogP contribution in [0.4, 0.5) is 8.78 Å². The number of halogens is 3. The van der Waals surface area contributed by atoms with Crippen molar-refractivity contribution in [2.24, 2.45) is 0 Å². The third-order valence-corrected chi connectivity index (χ3v) is 4.46. The Hall–Kier alpha value is -1.87. The highest BCUT2D eigenvalue weighted by Crippen LogP contribution is 2.46. The highest BCUT2D eigenvalue weighted by atomic mass is 35.5. The Kier molecular flexibility index (Phi) is 4.67. The average Bonchev–Trinajstić information content (AvgIpc) is 3.40. The Morgan fingerprint density at radius 2 is 1.91 bits per heavy atom. The molecule has 2 aromatic rings. The zero-order chi connectivity index (χ0) is 16.4. The molecule has 1 unspecified atom stereocenters. The predicted octanol–water partition coefficient (Wildman–Crippen LogP) is 5.74. The van der Waals surface area contributed by atoms with E-state index in [1.54, 1.807) is 0 Å². The molecule has 1 aliphatic rings. The van der Waals surface area contributed by atoms with E-state index >= 15 is 0 Å². The van der Waals surface area contributed by atoms with E-state index in [0.29, 0.717) is 11.5 Å². The lowest BCUT2D eigenvalue weighted by atomic mass is 9.96. The van der Waals surface area contributed by atoms with E-state index < -0.39 is 17.0 Å². The number of rotatable bonds is 6. The van der Waals surface area contributed by atoms with Gasteiger partial charge in [0, 0.05) is 5.56 Å². The number of alkyl halides is 1. The van der Waals surface area contributed by atoms with Crippen molar-refractivity contribution in [3.05, 3.63) is 77.4 Å². The summed E-state index contributed by atoms with van der Waals surface area (Å²) < 4.78 is 33.0. The molecule has 0 heterocycles. The van der Waals surface area contributed by atoms with Gasteiger partial charge in [-0.1, -0.05) is 43.0 Å². The molecule has 1 fully saturated rings. The standard InChI is InChI=1S/C19H17ClF2O/c1-2-11-23-19-15(9-10-16(21)18(19)22)17(20)14-6-4-3-5-13(14)12-7-8-12/h2-6,9-10,12,17H,1,7-8,11H2. The number of hydrogen-bond donors (Lipinski definition) is 0. The summed E-state index contributed by atoms with van der Waals surface area (Å²) in [4.78, 5) is 0. The molecule has 1 nitrogen and oxygen atoms in total. The summed E-state index contributed by atoms with van der Waals surface area (Å²) in [6.07, 6.45) is 3.76. The summed E-state index contributed by atoms with van der Waals surface area (Å²) in [5.74, 6) is -1.60. The molecule has 23 heavy (non-hydrogen) atoms. The van der Waals surface area contributed by atoms with Gasteiger partial charge in [-0.15, -0.1) is 11.6 Å². The van der Waals surface area contributed by atoms with E-state index in [-0.39, 0.29) is 12.4 Å². The van der Waals surface area contributed by atoms with Crippen LogP contribution >= 0.6 is 11.6 Å². The van der Waals surface area contributed by atoms with Crippen molar-refractivity contribution in [2.75, 3.05) is 6.61 Å². The second-order valence-corrected chi connectivity index (χ2v) is 6.08. The Morgan fingerprint density at radius 3 is 2.61 bits per heavy atom. The molecule has 4 heteroatoms. The van der Waals surface area contributed by atoms with Gasteiger partial charge in [0.2, 0.25) is 5.82 Å². The van der Waals surface area contributed by atoms with Crippen molar-refractivity contribution < 1.29 is 13.5 Å². The largest absolute Gasteiger partial charge is 0.486 e. The van der Waals surface area contributed by atoms with Gasteiger partial charge >= 0.3 is 0 Å². The number of hydrogen-bond acceptors (Lipinski definition) is 1. The van der Waals surface area contributed by atoms with Crippen LogP contribution in [0.1, 0.15) is 40.8 Å². The topological polar surface area (TPSA) is 9.23 Å².